The van der Waals surface area contributed by atoms with Crippen molar-refractivity contribution >= 4 is 0 Å². The SMILES string of the molecule is OCC1(NC2CCOC3(CCOC3)C2)CCCC1. The fourth-order valence-electron chi connectivity index (χ4n) is 3.85. The van der Waals surface area contributed by atoms with Crippen LogP contribution >= 0.6 is 0 Å². The van der Waals surface area contributed by atoms with Crippen LogP contribution in [0.3, 0.4) is 0 Å². The smallest absolute Gasteiger partial charge is 0.0951 e. The first kappa shape index (κ1) is 12.9. The summed E-state index contributed by atoms with van der Waals surface area (Å²) in [6.07, 6.45) is 7.83. The van der Waals surface area contributed by atoms with Crippen LogP contribution in [0.1, 0.15) is 44.9 Å². The highest BCUT2D eigenvalue weighted by Crippen LogP contribution is 2.36. The Kier molecular flexibility index (Phi) is 3.63. The van der Waals surface area contributed by atoms with Gasteiger partial charge in [-0.25, -0.2) is 0 Å². The van der Waals surface area contributed by atoms with Gasteiger partial charge in [-0.3, -0.25) is 0 Å². The third-order valence-corrected chi connectivity index (χ3v) is 4.93. The number of ether oxygens (including phenoxy) is 2. The minimum absolute atomic E-state index is 0.0113. The van der Waals surface area contributed by atoms with E-state index in [1.165, 1.54) is 12.8 Å². The molecule has 0 radical (unpaired) electrons. The molecule has 0 aromatic rings. The summed E-state index contributed by atoms with van der Waals surface area (Å²) in [4.78, 5) is 0. The average molecular weight is 255 g/mol. The molecule has 18 heavy (non-hydrogen) atoms. The van der Waals surface area contributed by atoms with E-state index in [0.29, 0.717) is 6.04 Å². The summed E-state index contributed by atoms with van der Waals surface area (Å²) in [5, 5.41) is 13.4. The van der Waals surface area contributed by atoms with Crippen LogP contribution < -0.4 is 5.32 Å². The maximum Gasteiger partial charge on any atom is 0.0951 e. The van der Waals surface area contributed by atoms with Gasteiger partial charge in [-0.05, 0) is 25.7 Å². The monoisotopic (exact) mass is 255 g/mol. The summed E-state index contributed by atoms with van der Waals surface area (Å²) in [7, 11) is 0. The maximum absolute atomic E-state index is 9.69. The fourth-order valence-corrected chi connectivity index (χ4v) is 3.85. The van der Waals surface area contributed by atoms with Gasteiger partial charge < -0.3 is 19.9 Å². The van der Waals surface area contributed by atoms with Crippen LogP contribution in [0, 0.1) is 0 Å². The van der Waals surface area contributed by atoms with E-state index in [9.17, 15) is 5.11 Å². The zero-order valence-electron chi connectivity index (χ0n) is 11.1. The molecule has 2 aliphatic heterocycles. The summed E-state index contributed by atoms with van der Waals surface area (Å²) in [5.41, 5.74) is -0.0478. The largest absolute Gasteiger partial charge is 0.394 e. The standard InChI is InChI=1S/C14H25NO3/c16-10-13(4-1-2-5-13)15-12-3-7-18-14(9-12)6-8-17-11-14/h12,15-16H,1-11H2. The van der Waals surface area contributed by atoms with E-state index in [4.69, 9.17) is 9.47 Å². The Hall–Kier alpha value is -0.160. The topological polar surface area (TPSA) is 50.7 Å². The predicted octanol–water partition coefficient (Wildman–Crippen LogP) is 1.22. The summed E-state index contributed by atoms with van der Waals surface area (Å²) in [6.45, 7) is 2.67. The Morgan fingerprint density at radius 1 is 1.17 bits per heavy atom. The molecule has 0 bridgehead atoms. The van der Waals surface area contributed by atoms with Gasteiger partial charge in [-0.2, -0.15) is 0 Å². The lowest BCUT2D eigenvalue weighted by molar-refractivity contribution is -0.0933. The first-order chi connectivity index (χ1) is 8.76. The van der Waals surface area contributed by atoms with Crippen LogP contribution in [0.2, 0.25) is 0 Å². The van der Waals surface area contributed by atoms with Gasteiger partial charge >= 0.3 is 0 Å². The van der Waals surface area contributed by atoms with Gasteiger partial charge in [0, 0.05) is 31.2 Å². The molecule has 2 atom stereocenters. The molecule has 4 heteroatoms. The Bertz CT molecular complexity index is 283. The van der Waals surface area contributed by atoms with Crippen molar-refractivity contribution in [1.82, 2.24) is 5.32 Å². The van der Waals surface area contributed by atoms with Crippen LogP contribution in [0.4, 0.5) is 0 Å². The molecule has 104 valence electrons. The van der Waals surface area contributed by atoms with Crippen LogP contribution in [0.15, 0.2) is 0 Å². The normalized spacial score (nSPS) is 39.5. The van der Waals surface area contributed by atoms with Gasteiger partial charge in [0.2, 0.25) is 0 Å². The van der Waals surface area contributed by atoms with Gasteiger partial charge in [-0.1, -0.05) is 12.8 Å². The van der Waals surface area contributed by atoms with Crippen molar-refractivity contribution < 1.29 is 14.6 Å². The second-order valence-electron chi connectivity index (χ2n) is 6.31. The van der Waals surface area contributed by atoms with Crippen molar-refractivity contribution in [3.8, 4) is 0 Å². The summed E-state index contributed by atoms with van der Waals surface area (Å²) in [5.74, 6) is 0. The van der Waals surface area contributed by atoms with E-state index < -0.39 is 0 Å². The molecule has 4 nitrogen and oxygen atoms in total. The van der Waals surface area contributed by atoms with Crippen molar-refractivity contribution in [2.45, 2.75) is 62.1 Å². The van der Waals surface area contributed by atoms with Crippen LogP contribution in [0.25, 0.3) is 0 Å². The van der Waals surface area contributed by atoms with Gasteiger partial charge in [0.25, 0.3) is 0 Å². The first-order valence-electron chi connectivity index (χ1n) is 7.36. The Morgan fingerprint density at radius 2 is 2.00 bits per heavy atom. The minimum atomic E-state index is -0.0365. The van der Waals surface area contributed by atoms with Crippen LogP contribution in [-0.2, 0) is 9.47 Å². The lowest BCUT2D eigenvalue weighted by Gasteiger charge is -2.41. The molecule has 3 aliphatic rings. The Morgan fingerprint density at radius 3 is 2.67 bits per heavy atom. The summed E-state index contributed by atoms with van der Waals surface area (Å²) >= 11 is 0. The highest BCUT2D eigenvalue weighted by Gasteiger charge is 2.43. The van der Waals surface area contributed by atoms with E-state index in [1.54, 1.807) is 0 Å². The molecule has 3 rings (SSSR count). The highest BCUT2D eigenvalue weighted by atomic mass is 16.6. The lowest BCUT2D eigenvalue weighted by Crippen LogP contribution is -2.56. The molecule has 0 amide bonds. The van der Waals surface area contributed by atoms with Gasteiger partial charge in [0.05, 0.1) is 18.8 Å². The minimum Gasteiger partial charge on any atom is -0.394 e. The highest BCUT2D eigenvalue weighted by molar-refractivity contribution is 4.99. The molecule has 0 aromatic heterocycles. The Labute approximate surface area is 109 Å². The number of aliphatic hydroxyl groups excluding tert-OH is 1. The van der Waals surface area contributed by atoms with E-state index in [2.05, 4.69) is 5.32 Å². The molecule has 1 spiro atoms. The van der Waals surface area contributed by atoms with Crippen LogP contribution in [-0.4, -0.2) is 48.7 Å². The van der Waals surface area contributed by atoms with Crippen molar-refractivity contribution in [1.29, 1.82) is 0 Å². The molecule has 3 fully saturated rings. The second-order valence-corrected chi connectivity index (χ2v) is 6.31. The molecule has 2 saturated heterocycles. The molecule has 1 saturated carbocycles. The number of nitrogens with one attached hydrogen (secondary N) is 1. The van der Waals surface area contributed by atoms with E-state index in [0.717, 1.165) is 51.9 Å². The molecule has 1 aliphatic carbocycles. The molecular formula is C14H25NO3. The van der Waals surface area contributed by atoms with Gasteiger partial charge in [0.1, 0.15) is 0 Å². The third kappa shape index (κ3) is 2.44. The quantitative estimate of drug-likeness (QED) is 0.796. The molecular weight excluding hydrogens is 230 g/mol. The second kappa shape index (κ2) is 5.08. The van der Waals surface area contributed by atoms with Crippen molar-refractivity contribution in [3.63, 3.8) is 0 Å². The van der Waals surface area contributed by atoms with Crippen molar-refractivity contribution in [2.24, 2.45) is 0 Å². The number of aliphatic hydroxyl groups is 1. The number of rotatable bonds is 3. The van der Waals surface area contributed by atoms with E-state index in [-0.39, 0.29) is 17.7 Å². The van der Waals surface area contributed by atoms with Crippen LogP contribution in [0.5, 0.6) is 0 Å². The van der Waals surface area contributed by atoms with Gasteiger partial charge in [-0.15, -0.1) is 0 Å². The number of hydrogen-bond acceptors (Lipinski definition) is 4. The van der Waals surface area contributed by atoms with E-state index >= 15 is 0 Å². The lowest BCUT2D eigenvalue weighted by atomic mass is 9.87. The molecule has 2 heterocycles. The fraction of sp³-hybridized carbons (Fsp3) is 1.00. The molecule has 0 aromatic carbocycles. The van der Waals surface area contributed by atoms with Crippen molar-refractivity contribution in [3.05, 3.63) is 0 Å². The molecule has 2 N–H and O–H groups in total. The first-order valence-corrected chi connectivity index (χ1v) is 7.36. The number of hydrogen-bond donors (Lipinski definition) is 2. The zero-order chi connectivity index (χ0) is 12.5. The van der Waals surface area contributed by atoms with E-state index in [1.807, 2.05) is 0 Å². The zero-order valence-corrected chi connectivity index (χ0v) is 11.1. The Balaban J connectivity index is 1.62. The van der Waals surface area contributed by atoms with Crippen molar-refractivity contribution in [2.75, 3.05) is 26.4 Å². The predicted molar refractivity (Wildman–Crippen MR) is 68.6 cm³/mol. The third-order valence-electron chi connectivity index (χ3n) is 4.93. The van der Waals surface area contributed by atoms with Gasteiger partial charge in [0.15, 0.2) is 0 Å². The molecule has 2 unspecified atom stereocenters. The average Bonchev–Trinajstić information content (AvgIpc) is 3.01. The summed E-state index contributed by atoms with van der Waals surface area (Å²) in [6, 6.07) is 0.478. The maximum atomic E-state index is 9.69. The summed E-state index contributed by atoms with van der Waals surface area (Å²) < 4.78 is 11.5.